The molecule has 156 valence electrons. The lowest BCUT2D eigenvalue weighted by Crippen LogP contribution is -2.40. The minimum Gasteiger partial charge on any atom is -0.379 e. The second kappa shape index (κ2) is 8.23. The van der Waals surface area contributed by atoms with Crippen LogP contribution < -0.4 is 11.1 Å². The molecular weight excluding hydrogens is 414 g/mol. The van der Waals surface area contributed by atoms with Crippen LogP contribution in [-0.2, 0) is 14.8 Å². The van der Waals surface area contributed by atoms with E-state index in [4.69, 9.17) is 10.5 Å². The average Bonchev–Trinajstić information content (AvgIpc) is 2.96. The summed E-state index contributed by atoms with van der Waals surface area (Å²) < 4.78 is 32.4. The molecule has 10 heteroatoms. The van der Waals surface area contributed by atoms with Gasteiger partial charge in [0.05, 0.1) is 23.7 Å². The number of ether oxygens (including phenoxy) is 1. The highest BCUT2D eigenvalue weighted by molar-refractivity contribution is 7.89. The van der Waals surface area contributed by atoms with Crippen LogP contribution >= 0.6 is 11.3 Å². The number of aryl methyl sites for hydroxylation is 2. The van der Waals surface area contributed by atoms with Gasteiger partial charge in [-0.3, -0.25) is 9.59 Å². The van der Waals surface area contributed by atoms with Gasteiger partial charge in [0.15, 0.2) is 0 Å². The van der Waals surface area contributed by atoms with E-state index >= 15 is 0 Å². The molecule has 1 aromatic heterocycles. The number of hydrogen-bond donors (Lipinski definition) is 2. The number of nitrogens with one attached hydrogen (secondary N) is 1. The molecule has 1 fully saturated rings. The molecule has 8 nitrogen and oxygen atoms in total. The second-order valence-electron chi connectivity index (χ2n) is 6.80. The molecule has 2 aromatic rings. The Morgan fingerprint density at radius 3 is 2.45 bits per heavy atom. The van der Waals surface area contributed by atoms with Crippen molar-refractivity contribution in [1.29, 1.82) is 0 Å². The quantitative estimate of drug-likeness (QED) is 0.742. The fourth-order valence-electron chi connectivity index (χ4n) is 3.12. The highest BCUT2D eigenvalue weighted by Gasteiger charge is 2.28. The molecule has 3 N–H and O–H groups in total. The lowest BCUT2D eigenvalue weighted by atomic mass is 10.1. The van der Waals surface area contributed by atoms with Gasteiger partial charge < -0.3 is 15.8 Å². The SMILES string of the molecule is Cc1ccc(S(=O)(=O)N2CCOCC2)cc1C(=O)Nc1sc(C)c(C)c1C(N)=O. The number of anilines is 1. The average molecular weight is 438 g/mol. The standard InChI is InChI=1S/C19H23N3O5S2/c1-11-4-5-14(29(25,26)22-6-8-27-9-7-22)10-15(11)18(24)21-19-16(17(20)23)12(2)13(3)28-19/h4-5,10H,6-9H2,1-3H3,(H2,20,23)(H,21,24). The van der Waals surface area contributed by atoms with Crippen LogP contribution in [0.5, 0.6) is 0 Å². The van der Waals surface area contributed by atoms with Crippen LogP contribution in [0, 0.1) is 20.8 Å². The Balaban J connectivity index is 1.94. The fourth-order valence-corrected chi connectivity index (χ4v) is 5.62. The van der Waals surface area contributed by atoms with Crippen molar-refractivity contribution < 1.29 is 22.7 Å². The van der Waals surface area contributed by atoms with Crippen LogP contribution in [0.4, 0.5) is 5.00 Å². The largest absolute Gasteiger partial charge is 0.379 e. The number of hydrogen-bond acceptors (Lipinski definition) is 6. The van der Waals surface area contributed by atoms with E-state index < -0.39 is 21.8 Å². The minimum absolute atomic E-state index is 0.0452. The van der Waals surface area contributed by atoms with Gasteiger partial charge in [0.25, 0.3) is 11.8 Å². The van der Waals surface area contributed by atoms with E-state index in [0.29, 0.717) is 23.8 Å². The van der Waals surface area contributed by atoms with Gasteiger partial charge >= 0.3 is 0 Å². The smallest absolute Gasteiger partial charge is 0.256 e. The Kier molecular flexibility index (Phi) is 6.08. The number of sulfonamides is 1. The van der Waals surface area contributed by atoms with Crippen LogP contribution in [0.15, 0.2) is 23.1 Å². The van der Waals surface area contributed by atoms with Crippen LogP contribution in [0.25, 0.3) is 0 Å². The molecule has 2 heterocycles. The Morgan fingerprint density at radius 2 is 1.83 bits per heavy atom. The molecule has 0 unspecified atom stereocenters. The first kappa shape index (κ1) is 21.4. The zero-order valence-corrected chi connectivity index (χ0v) is 18.1. The maximum Gasteiger partial charge on any atom is 0.256 e. The second-order valence-corrected chi connectivity index (χ2v) is 9.96. The van der Waals surface area contributed by atoms with Crippen molar-refractivity contribution in [2.24, 2.45) is 5.73 Å². The highest BCUT2D eigenvalue weighted by atomic mass is 32.2. The number of rotatable bonds is 5. The third-order valence-electron chi connectivity index (χ3n) is 4.92. The minimum atomic E-state index is -3.73. The van der Waals surface area contributed by atoms with Gasteiger partial charge in [-0.2, -0.15) is 4.31 Å². The summed E-state index contributed by atoms with van der Waals surface area (Å²) in [6.45, 7) is 6.54. The fraction of sp³-hybridized carbons (Fsp3) is 0.368. The molecule has 0 atom stereocenters. The predicted octanol–water partition coefficient (Wildman–Crippen LogP) is 2.05. The van der Waals surface area contributed by atoms with Gasteiger partial charge in [-0.15, -0.1) is 11.3 Å². The van der Waals surface area contributed by atoms with E-state index in [1.165, 1.54) is 27.8 Å². The maximum atomic E-state index is 12.9. The van der Waals surface area contributed by atoms with E-state index in [-0.39, 0.29) is 29.1 Å². The molecule has 1 aliphatic rings. The van der Waals surface area contributed by atoms with Crippen molar-refractivity contribution in [3.8, 4) is 0 Å². The van der Waals surface area contributed by atoms with Crippen molar-refractivity contribution in [2.75, 3.05) is 31.6 Å². The molecule has 0 aliphatic carbocycles. The molecule has 0 spiro atoms. The monoisotopic (exact) mass is 437 g/mol. The Morgan fingerprint density at radius 1 is 1.17 bits per heavy atom. The summed E-state index contributed by atoms with van der Waals surface area (Å²) in [5.41, 5.74) is 7.29. The van der Waals surface area contributed by atoms with E-state index in [1.54, 1.807) is 19.9 Å². The van der Waals surface area contributed by atoms with Crippen molar-refractivity contribution in [3.05, 3.63) is 45.3 Å². The summed E-state index contributed by atoms with van der Waals surface area (Å²) in [5, 5.41) is 3.08. The molecule has 3 rings (SSSR count). The van der Waals surface area contributed by atoms with Crippen molar-refractivity contribution in [3.63, 3.8) is 0 Å². The number of nitrogens with zero attached hydrogens (tertiary/aromatic N) is 1. The lowest BCUT2D eigenvalue weighted by molar-refractivity contribution is 0.0730. The molecule has 1 saturated heterocycles. The zero-order valence-electron chi connectivity index (χ0n) is 16.4. The topological polar surface area (TPSA) is 119 Å². The molecule has 0 bridgehead atoms. The van der Waals surface area contributed by atoms with Gasteiger partial charge in [0.2, 0.25) is 10.0 Å². The first-order valence-corrected chi connectivity index (χ1v) is 11.3. The summed E-state index contributed by atoms with van der Waals surface area (Å²) in [6.07, 6.45) is 0. The predicted molar refractivity (Wildman–Crippen MR) is 111 cm³/mol. The van der Waals surface area contributed by atoms with Gasteiger partial charge in [-0.1, -0.05) is 6.07 Å². The zero-order chi connectivity index (χ0) is 21.3. The van der Waals surface area contributed by atoms with E-state index in [0.717, 1.165) is 10.4 Å². The van der Waals surface area contributed by atoms with Crippen molar-refractivity contribution >= 4 is 38.2 Å². The summed E-state index contributed by atoms with van der Waals surface area (Å²) >= 11 is 1.26. The Labute approximate surface area is 173 Å². The number of amides is 2. The molecule has 1 aliphatic heterocycles. The molecule has 1 aromatic carbocycles. The first-order chi connectivity index (χ1) is 13.6. The molecular formula is C19H23N3O5S2. The molecule has 2 amide bonds. The molecule has 29 heavy (non-hydrogen) atoms. The first-order valence-electron chi connectivity index (χ1n) is 9.02. The highest BCUT2D eigenvalue weighted by Crippen LogP contribution is 2.32. The van der Waals surface area contributed by atoms with Crippen LogP contribution in [0.2, 0.25) is 0 Å². The number of nitrogens with two attached hydrogens (primary N) is 1. The molecule has 0 radical (unpaired) electrons. The lowest BCUT2D eigenvalue weighted by Gasteiger charge is -2.26. The van der Waals surface area contributed by atoms with Crippen molar-refractivity contribution in [1.82, 2.24) is 4.31 Å². The Bertz CT molecular complexity index is 1070. The third kappa shape index (κ3) is 4.20. The van der Waals surface area contributed by atoms with Gasteiger partial charge in [0.1, 0.15) is 5.00 Å². The van der Waals surface area contributed by atoms with E-state index in [1.807, 2.05) is 6.92 Å². The molecule has 0 saturated carbocycles. The summed E-state index contributed by atoms with van der Waals surface area (Å²) in [7, 11) is -3.73. The normalized spacial score (nSPS) is 15.3. The number of thiophene rings is 1. The van der Waals surface area contributed by atoms with E-state index in [9.17, 15) is 18.0 Å². The van der Waals surface area contributed by atoms with Crippen LogP contribution in [0.3, 0.4) is 0 Å². The number of benzene rings is 1. The van der Waals surface area contributed by atoms with Gasteiger partial charge in [-0.25, -0.2) is 8.42 Å². The van der Waals surface area contributed by atoms with E-state index in [2.05, 4.69) is 5.32 Å². The Hall–Kier alpha value is -2.27. The number of carbonyl (C=O) groups is 2. The van der Waals surface area contributed by atoms with Crippen LogP contribution in [0.1, 0.15) is 36.7 Å². The maximum absolute atomic E-state index is 12.9. The number of carbonyl (C=O) groups excluding carboxylic acids is 2. The summed E-state index contributed by atoms with van der Waals surface area (Å²) in [4.78, 5) is 25.6. The number of morpholine rings is 1. The van der Waals surface area contributed by atoms with Gasteiger partial charge in [-0.05, 0) is 44.0 Å². The van der Waals surface area contributed by atoms with Crippen LogP contribution in [-0.4, -0.2) is 50.8 Å². The third-order valence-corrected chi connectivity index (χ3v) is 7.94. The van der Waals surface area contributed by atoms with Crippen molar-refractivity contribution in [2.45, 2.75) is 25.7 Å². The summed E-state index contributed by atoms with van der Waals surface area (Å²) in [6, 6.07) is 4.46. The van der Waals surface area contributed by atoms with Gasteiger partial charge in [0, 0.05) is 23.5 Å². The number of primary amides is 1. The summed E-state index contributed by atoms with van der Waals surface area (Å²) in [5.74, 6) is -1.12.